The lowest BCUT2D eigenvalue weighted by Crippen LogP contribution is -2.30. The largest absolute Gasteiger partial charge is 0.496 e. The van der Waals surface area contributed by atoms with Gasteiger partial charge in [-0.15, -0.1) is 0 Å². The highest BCUT2D eigenvalue weighted by molar-refractivity contribution is 6.03. The van der Waals surface area contributed by atoms with E-state index in [0.717, 1.165) is 63.3 Å². The number of fused-ring (bicyclic) bond motifs is 2. The van der Waals surface area contributed by atoms with Crippen LogP contribution in [0.3, 0.4) is 0 Å². The van der Waals surface area contributed by atoms with Crippen molar-refractivity contribution in [3.05, 3.63) is 97.4 Å². The van der Waals surface area contributed by atoms with Crippen LogP contribution in [0.5, 0.6) is 11.5 Å². The van der Waals surface area contributed by atoms with Gasteiger partial charge < -0.3 is 23.5 Å². The average molecular weight is 610 g/mol. The van der Waals surface area contributed by atoms with Gasteiger partial charge in [-0.3, -0.25) is 4.79 Å². The van der Waals surface area contributed by atoms with E-state index in [2.05, 4.69) is 73.4 Å². The molecule has 1 aliphatic heterocycles. The third kappa shape index (κ3) is 7.66. The summed E-state index contributed by atoms with van der Waals surface area (Å²) >= 11 is 0. The average Bonchev–Trinajstić information content (AvgIpc) is 3.04. The lowest BCUT2D eigenvalue weighted by molar-refractivity contribution is -0.143. The third-order valence-electron chi connectivity index (χ3n) is 7.73. The number of carbonyl (C=O) groups is 1. The zero-order valence-corrected chi connectivity index (χ0v) is 27.1. The van der Waals surface area contributed by atoms with Crippen LogP contribution >= 0.6 is 0 Å². The van der Waals surface area contributed by atoms with Gasteiger partial charge in [-0.05, 0) is 69.2 Å². The maximum Gasteiger partial charge on any atom is 0.305 e. The lowest BCUT2D eigenvalue weighted by Gasteiger charge is -2.27. The van der Waals surface area contributed by atoms with Crippen LogP contribution in [0.25, 0.3) is 33.4 Å². The second kappa shape index (κ2) is 15.8. The first-order valence-corrected chi connectivity index (χ1v) is 15.5. The number of hydrogen-bond donors (Lipinski definition) is 0. The minimum Gasteiger partial charge on any atom is -0.496 e. The van der Waals surface area contributed by atoms with E-state index < -0.39 is 0 Å². The molecule has 2 aromatic carbocycles. The van der Waals surface area contributed by atoms with Gasteiger partial charge in [0, 0.05) is 65.5 Å². The van der Waals surface area contributed by atoms with E-state index in [4.69, 9.17) is 18.6 Å². The summed E-state index contributed by atoms with van der Waals surface area (Å²) in [6.45, 7) is 21.4. The number of esters is 1. The van der Waals surface area contributed by atoms with Crippen LogP contribution in [0.2, 0.25) is 0 Å². The van der Waals surface area contributed by atoms with Gasteiger partial charge in [0.25, 0.3) is 0 Å². The van der Waals surface area contributed by atoms with Crippen molar-refractivity contribution in [2.45, 2.75) is 33.6 Å². The number of carbonyl (C=O) groups excluding carboxylic acids is 1. The van der Waals surface area contributed by atoms with Crippen LogP contribution in [0.15, 0.2) is 90.9 Å². The van der Waals surface area contributed by atoms with Crippen LogP contribution in [0.1, 0.15) is 32.3 Å². The summed E-state index contributed by atoms with van der Waals surface area (Å²) in [6.07, 6.45) is 6.58. The molecule has 0 bridgehead atoms. The first kappa shape index (κ1) is 33.1. The molecule has 0 unspecified atom stereocenters. The molecule has 1 heterocycles. The predicted octanol–water partition coefficient (Wildman–Crippen LogP) is 7.40. The van der Waals surface area contributed by atoms with Gasteiger partial charge in [-0.1, -0.05) is 25.8 Å². The van der Waals surface area contributed by atoms with Gasteiger partial charge in [0.05, 0.1) is 19.8 Å². The van der Waals surface area contributed by atoms with E-state index in [-0.39, 0.29) is 5.97 Å². The second-order valence-corrected chi connectivity index (χ2v) is 10.7. The monoisotopic (exact) mass is 609 g/mol. The number of nitrogens with zero attached hydrogens (tertiary/aromatic N) is 2. The highest BCUT2D eigenvalue weighted by atomic mass is 16.5. The van der Waals surface area contributed by atoms with Crippen molar-refractivity contribution in [2.75, 3.05) is 51.4 Å². The predicted molar refractivity (Wildman–Crippen MR) is 184 cm³/mol. The number of aryl methyl sites for hydroxylation is 1. The highest BCUT2D eigenvalue weighted by Crippen LogP contribution is 2.45. The number of methoxy groups -OCH3 is 1. The number of ether oxygens (including phenoxy) is 3. The molecule has 0 spiro atoms. The van der Waals surface area contributed by atoms with Crippen molar-refractivity contribution in [3.63, 3.8) is 0 Å². The van der Waals surface area contributed by atoms with Gasteiger partial charge in [-0.25, -0.2) is 4.58 Å². The van der Waals surface area contributed by atoms with Crippen LogP contribution in [-0.2, 0) is 9.53 Å². The maximum atomic E-state index is 11.9. The van der Waals surface area contributed by atoms with Crippen molar-refractivity contribution in [2.24, 2.45) is 0 Å². The molecule has 0 radical (unpaired) electrons. The van der Waals surface area contributed by atoms with Crippen molar-refractivity contribution < 1.29 is 23.4 Å². The third-order valence-corrected chi connectivity index (χ3v) is 7.73. The van der Waals surface area contributed by atoms with Crippen molar-refractivity contribution in [1.82, 2.24) is 4.58 Å². The maximum absolute atomic E-state index is 11.9. The molecule has 7 nitrogen and oxygen atoms in total. The van der Waals surface area contributed by atoms with Crippen molar-refractivity contribution in [1.29, 1.82) is 0 Å². The SMILES string of the molecule is C=CCOc1ccc2c(-c3cc(C)c(N(CC)CCCC(=O)OCC)cc3OC)c3ccc(=[N+](CC=C)CC=C)cc-3oc2c1. The molecular weight excluding hydrogens is 564 g/mol. The number of hydrogen-bond acceptors (Lipinski definition) is 6. The van der Waals surface area contributed by atoms with Crippen molar-refractivity contribution in [3.8, 4) is 33.9 Å². The van der Waals surface area contributed by atoms with Crippen LogP contribution in [0, 0.1) is 6.92 Å². The molecule has 1 aliphatic carbocycles. The van der Waals surface area contributed by atoms with Crippen LogP contribution < -0.4 is 24.3 Å². The van der Waals surface area contributed by atoms with E-state index in [0.29, 0.717) is 50.5 Å². The molecular formula is C38H45N2O5+. The molecule has 0 saturated heterocycles. The molecule has 0 fully saturated rings. The number of rotatable bonds is 16. The molecule has 0 atom stereocenters. The fourth-order valence-corrected chi connectivity index (χ4v) is 5.67. The van der Waals surface area contributed by atoms with Gasteiger partial charge >= 0.3 is 5.97 Å². The number of benzene rings is 3. The summed E-state index contributed by atoms with van der Waals surface area (Å²) in [4.78, 5) is 14.2. The summed E-state index contributed by atoms with van der Waals surface area (Å²) in [5, 5.41) is 1.96. The van der Waals surface area contributed by atoms with Gasteiger partial charge in [0.2, 0.25) is 5.36 Å². The first-order chi connectivity index (χ1) is 21.9. The summed E-state index contributed by atoms with van der Waals surface area (Å²) in [7, 11) is 1.70. The van der Waals surface area contributed by atoms with E-state index in [1.807, 2.05) is 37.3 Å². The lowest BCUT2D eigenvalue weighted by atomic mass is 9.91. The summed E-state index contributed by atoms with van der Waals surface area (Å²) < 4.78 is 25.8. The Balaban J connectivity index is 1.92. The van der Waals surface area contributed by atoms with Gasteiger partial charge in [-0.2, -0.15) is 0 Å². The molecule has 0 aromatic heterocycles. The van der Waals surface area contributed by atoms with E-state index in [9.17, 15) is 4.79 Å². The molecule has 45 heavy (non-hydrogen) atoms. The van der Waals surface area contributed by atoms with Crippen LogP contribution in [-0.4, -0.2) is 52.5 Å². The number of anilines is 1. The zero-order chi connectivity index (χ0) is 32.3. The second-order valence-electron chi connectivity index (χ2n) is 10.7. The minimum absolute atomic E-state index is 0.162. The Morgan fingerprint density at radius 1 is 0.978 bits per heavy atom. The normalized spacial score (nSPS) is 10.8. The molecule has 4 rings (SSSR count). The Bertz CT molecular complexity index is 1710. The smallest absolute Gasteiger partial charge is 0.305 e. The molecule has 236 valence electrons. The summed E-state index contributed by atoms with van der Waals surface area (Å²) in [5.74, 6) is 2.04. The quantitative estimate of drug-likeness (QED) is 0.0571. The molecule has 0 N–H and O–H groups in total. The van der Waals surface area contributed by atoms with E-state index in [1.165, 1.54) is 0 Å². The van der Waals surface area contributed by atoms with E-state index in [1.54, 1.807) is 13.2 Å². The zero-order valence-electron chi connectivity index (χ0n) is 27.1. The minimum atomic E-state index is -0.162. The molecule has 7 heteroatoms. The molecule has 2 aromatic rings. The Morgan fingerprint density at radius 2 is 1.76 bits per heavy atom. The Hall–Kier alpha value is -4.78. The first-order valence-electron chi connectivity index (χ1n) is 15.5. The molecule has 0 saturated carbocycles. The highest BCUT2D eigenvalue weighted by Gasteiger charge is 2.23. The fourth-order valence-electron chi connectivity index (χ4n) is 5.67. The van der Waals surface area contributed by atoms with Crippen LogP contribution in [0.4, 0.5) is 5.69 Å². The molecule has 2 aliphatic rings. The Kier molecular flexibility index (Phi) is 11.6. The topological polar surface area (TPSA) is 64.2 Å². The standard InChI is InChI=1S/C38H45N2O5/c1-8-19-40(20-9-2)28-15-17-30-35(24-28)45-36-25-29(44-22-10-3)16-18-31(36)38(30)32-23-27(6)33(26-34(32)42-7)39(11-4)21-13-14-37(41)43-12-5/h8-10,15-18,23-26H,1-3,11-14,19-22H2,4-7H3/q+1. The summed E-state index contributed by atoms with van der Waals surface area (Å²) in [5.41, 5.74) is 5.83. The molecule has 0 amide bonds. The fraction of sp³-hybridized carbons (Fsp3) is 0.316. The summed E-state index contributed by atoms with van der Waals surface area (Å²) in [6, 6.07) is 16.5. The Morgan fingerprint density at radius 3 is 2.42 bits per heavy atom. The van der Waals surface area contributed by atoms with Gasteiger partial charge in [0.1, 0.15) is 29.4 Å². The Labute approximate surface area is 266 Å². The van der Waals surface area contributed by atoms with E-state index >= 15 is 0 Å². The van der Waals surface area contributed by atoms with Crippen molar-refractivity contribution >= 4 is 22.6 Å². The van der Waals surface area contributed by atoms with Gasteiger partial charge in [0.15, 0.2) is 13.1 Å².